The van der Waals surface area contributed by atoms with Gasteiger partial charge in [-0.2, -0.15) is 0 Å². The van der Waals surface area contributed by atoms with Gasteiger partial charge in [-0.05, 0) is 31.4 Å². The van der Waals surface area contributed by atoms with Crippen LogP contribution in [0.1, 0.15) is 46.0 Å². The lowest BCUT2D eigenvalue weighted by Crippen LogP contribution is -2.40. The van der Waals surface area contributed by atoms with E-state index in [2.05, 4.69) is 0 Å². The van der Waals surface area contributed by atoms with Gasteiger partial charge in [-0.1, -0.05) is 11.6 Å². The topological polar surface area (TPSA) is 104 Å². The number of carboxylic acid groups (broad SMARTS) is 1. The Kier molecular flexibility index (Phi) is 4.13. The number of halogens is 1. The predicted molar refractivity (Wildman–Crippen MR) is 83.4 cm³/mol. The Labute approximate surface area is 142 Å². The molecular formula is C16H16ClNO6. The lowest BCUT2D eigenvalue weighted by Gasteiger charge is -2.26. The molecule has 2 aliphatic heterocycles. The van der Waals surface area contributed by atoms with Crippen LogP contribution in [0.5, 0.6) is 5.75 Å². The normalized spacial score (nSPS) is 22.9. The number of hydrogen-bond acceptors (Lipinski definition) is 5. The zero-order valence-electron chi connectivity index (χ0n) is 12.9. The molecule has 0 bridgehead atoms. The van der Waals surface area contributed by atoms with Crippen molar-refractivity contribution in [1.82, 2.24) is 4.90 Å². The number of cyclic esters (lactones) is 1. The number of fused-ring (bicyclic) bond motifs is 1. The summed E-state index contributed by atoms with van der Waals surface area (Å²) >= 11 is 6.19. The fraction of sp³-hybridized carbons (Fsp3) is 0.438. The molecule has 2 aliphatic rings. The minimum atomic E-state index is -1.10. The first-order valence-electron chi connectivity index (χ1n) is 7.60. The van der Waals surface area contributed by atoms with Gasteiger partial charge in [0.25, 0.3) is 5.91 Å². The third-order valence-corrected chi connectivity index (χ3v) is 4.72. The Morgan fingerprint density at radius 2 is 2.12 bits per heavy atom. The molecule has 2 atom stereocenters. The molecule has 8 heteroatoms. The third-order valence-electron chi connectivity index (χ3n) is 4.39. The summed E-state index contributed by atoms with van der Waals surface area (Å²) in [7, 11) is 0. The van der Waals surface area contributed by atoms with Gasteiger partial charge in [-0.15, -0.1) is 0 Å². The number of carbonyl (C=O) groups excluding carboxylic acids is 2. The summed E-state index contributed by atoms with van der Waals surface area (Å²) in [5, 5.41) is 19.8. The number of benzene rings is 1. The second kappa shape index (κ2) is 5.98. The van der Waals surface area contributed by atoms with Crippen LogP contribution in [-0.4, -0.2) is 51.6 Å². The van der Waals surface area contributed by atoms with E-state index in [1.54, 1.807) is 6.92 Å². The third kappa shape index (κ3) is 2.58. The van der Waals surface area contributed by atoms with E-state index in [1.807, 2.05) is 0 Å². The number of carbonyl (C=O) groups is 3. The molecule has 1 aromatic carbocycles. The number of carboxylic acids is 1. The van der Waals surface area contributed by atoms with Crippen LogP contribution < -0.4 is 0 Å². The largest absolute Gasteiger partial charge is 0.506 e. The summed E-state index contributed by atoms with van der Waals surface area (Å²) in [6, 6.07) is 0.347. The molecule has 2 N–H and O–H groups in total. The average Bonchev–Trinajstić information content (AvgIpc) is 2.99. The highest BCUT2D eigenvalue weighted by molar-refractivity contribution is 6.32. The number of esters is 1. The van der Waals surface area contributed by atoms with Gasteiger partial charge >= 0.3 is 11.9 Å². The Morgan fingerprint density at radius 1 is 1.42 bits per heavy atom. The van der Waals surface area contributed by atoms with Crippen molar-refractivity contribution in [2.45, 2.75) is 38.3 Å². The molecule has 0 aromatic heterocycles. The van der Waals surface area contributed by atoms with Gasteiger partial charge in [0.15, 0.2) is 0 Å². The van der Waals surface area contributed by atoms with Crippen molar-refractivity contribution in [2.24, 2.45) is 0 Å². The summed E-state index contributed by atoms with van der Waals surface area (Å²) in [5.41, 5.74) is 0.138. The van der Waals surface area contributed by atoms with Gasteiger partial charge < -0.3 is 19.8 Å². The van der Waals surface area contributed by atoms with Crippen molar-refractivity contribution < 1.29 is 29.3 Å². The Hall–Kier alpha value is -2.28. The molecule has 1 fully saturated rings. The lowest BCUT2D eigenvalue weighted by molar-refractivity contribution is -0.141. The van der Waals surface area contributed by atoms with E-state index in [4.69, 9.17) is 16.3 Å². The van der Waals surface area contributed by atoms with Crippen LogP contribution in [0.15, 0.2) is 6.07 Å². The van der Waals surface area contributed by atoms with Gasteiger partial charge in [0.2, 0.25) is 0 Å². The van der Waals surface area contributed by atoms with Crippen LogP contribution >= 0.6 is 11.6 Å². The van der Waals surface area contributed by atoms with Crippen molar-refractivity contribution >= 4 is 29.4 Å². The predicted octanol–water partition coefficient (Wildman–Crippen LogP) is 1.84. The number of rotatable bonds is 2. The molecule has 128 valence electrons. The summed E-state index contributed by atoms with van der Waals surface area (Å²) < 4.78 is 5.09. The number of nitrogens with zero attached hydrogens (tertiary/aromatic N) is 1. The molecule has 0 aliphatic carbocycles. The molecule has 1 amide bonds. The Bertz CT molecular complexity index is 747. The molecule has 2 heterocycles. The van der Waals surface area contributed by atoms with E-state index in [9.17, 15) is 24.6 Å². The van der Waals surface area contributed by atoms with Crippen molar-refractivity contribution in [2.75, 3.05) is 6.54 Å². The smallest absolute Gasteiger partial charge is 0.342 e. The van der Waals surface area contributed by atoms with Crippen LogP contribution in [0.25, 0.3) is 0 Å². The van der Waals surface area contributed by atoms with Crippen LogP contribution in [0.2, 0.25) is 5.02 Å². The van der Waals surface area contributed by atoms with Crippen molar-refractivity contribution in [1.29, 1.82) is 0 Å². The number of ether oxygens (including phenoxy) is 1. The van der Waals surface area contributed by atoms with E-state index in [0.29, 0.717) is 24.8 Å². The van der Waals surface area contributed by atoms with Gasteiger partial charge in [0.1, 0.15) is 23.5 Å². The fourth-order valence-electron chi connectivity index (χ4n) is 3.25. The number of phenols is 1. The molecule has 1 saturated heterocycles. The van der Waals surface area contributed by atoms with E-state index < -0.39 is 29.6 Å². The maximum atomic E-state index is 12.7. The summed E-state index contributed by atoms with van der Waals surface area (Å²) in [6.07, 6.45) is 0.865. The van der Waals surface area contributed by atoms with Crippen LogP contribution in [0.4, 0.5) is 0 Å². The first kappa shape index (κ1) is 16.6. The monoisotopic (exact) mass is 353 g/mol. The maximum Gasteiger partial charge on any atom is 0.342 e. The van der Waals surface area contributed by atoms with E-state index in [1.165, 1.54) is 11.0 Å². The molecule has 1 aromatic rings. The number of aliphatic carboxylic acids is 1. The second-order valence-electron chi connectivity index (χ2n) is 6.02. The molecule has 0 spiro atoms. The number of likely N-dealkylation sites (tertiary alicyclic amines) is 1. The van der Waals surface area contributed by atoms with E-state index in [-0.39, 0.29) is 28.8 Å². The standard InChI is InChI=1S/C16H16ClNO6/c1-7-5-8-10(17)6-9(13(19)12(8)16(23)24-7)14(20)18-4-2-3-11(18)15(21)22/h6-7,11,19H,2-5H2,1H3,(H,21,22). The number of phenolic OH excluding ortho intramolecular Hbond substituents is 1. The van der Waals surface area contributed by atoms with Crippen molar-refractivity contribution in [3.05, 3.63) is 27.8 Å². The molecule has 24 heavy (non-hydrogen) atoms. The quantitative estimate of drug-likeness (QED) is 0.786. The summed E-state index contributed by atoms with van der Waals surface area (Å²) in [4.78, 5) is 37.2. The SMILES string of the molecule is CC1Cc2c(Cl)cc(C(=O)N3CCCC3C(=O)O)c(O)c2C(=O)O1. The minimum absolute atomic E-state index is 0.116. The van der Waals surface area contributed by atoms with Crippen LogP contribution in [-0.2, 0) is 16.0 Å². The van der Waals surface area contributed by atoms with Gasteiger partial charge in [-0.3, -0.25) is 4.79 Å². The summed E-state index contributed by atoms with van der Waals surface area (Å²) in [5.74, 6) is -3.01. The highest BCUT2D eigenvalue weighted by Gasteiger charge is 2.38. The Balaban J connectivity index is 2.05. The lowest BCUT2D eigenvalue weighted by atomic mass is 9.95. The fourth-order valence-corrected chi connectivity index (χ4v) is 3.53. The zero-order valence-corrected chi connectivity index (χ0v) is 13.7. The van der Waals surface area contributed by atoms with Gasteiger partial charge in [0.05, 0.1) is 5.56 Å². The second-order valence-corrected chi connectivity index (χ2v) is 6.43. The molecule has 7 nitrogen and oxygen atoms in total. The molecule has 0 saturated carbocycles. The van der Waals surface area contributed by atoms with E-state index in [0.717, 1.165) is 0 Å². The van der Waals surface area contributed by atoms with Gasteiger partial charge in [-0.25, -0.2) is 9.59 Å². The zero-order chi connectivity index (χ0) is 17.6. The minimum Gasteiger partial charge on any atom is -0.506 e. The number of hydrogen-bond donors (Lipinski definition) is 2. The van der Waals surface area contributed by atoms with Crippen LogP contribution in [0.3, 0.4) is 0 Å². The van der Waals surface area contributed by atoms with E-state index >= 15 is 0 Å². The van der Waals surface area contributed by atoms with Crippen molar-refractivity contribution in [3.63, 3.8) is 0 Å². The number of aromatic hydroxyl groups is 1. The maximum absolute atomic E-state index is 12.7. The molecular weight excluding hydrogens is 338 g/mol. The highest BCUT2D eigenvalue weighted by Crippen LogP contribution is 2.37. The Morgan fingerprint density at radius 3 is 2.79 bits per heavy atom. The average molecular weight is 354 g/mol. The first-order valence-corrected chi connectivity index (χ1v) is 7.98. The number of amides is 1. The van der Waals surface area contributed by atoms with Gasteiger partial charge in [0, 0.05) is 18.0 Å². The highest BCUT2D eigenvalue weighted by atomic mass is 35.5. The summed E-state index contributed by atoms with van der Waals surface area (Å²) in [6.45, 7) is 1.97. The molecule has 0 radical (unpaired) electrons. The van der Waals surface area contributed by atoms with Crippen molar-refractivity contribution in [3.8, 4) is 5.75 Å². The van der Waals surface area contributed by atoms with Crippen LogP contribution in [0, 0.1) is 0 Å². The first-order chi connectivity index (χ1) is 11.3. The molecule has 3 rings (SSSR count). The molecule has 2 unspecified atom stereocenters.